The Morgan fingerprint density at radius 3 is 2.00 bits per heavy atom. The first-order valence-corrected chi connectivity index (χ1v) is 3.43. The highest BCUT2D eigenvalue weighted by Gasteiger charge is 2.06. The molecule has 0 saturated carbocycles. The second-order valence-electron chi connectivity index (χ2n) is 1.24. The second kappa shape index (κ2) is 2.40. The van der Waals surface area contributed by atoms with E-state index in [9.17, 15) is 8.42 Å². The molecule has 0 aliphatic carbocycles. The minimum Gasteiger partial charge on any atom is -0.244 e. The lowest BCUT2D eigenvalue weighted by atomic mass is 11.4. The Bertz CT molecular complexity index is 151. The maximum Gasteiger partial charge on any atom is 0.289 e. The fourth-order valence-electron chi connectivity index (χ4n) is 0.127. The molecule has 6 heteroatoms. The lowest BCUT2D eigenvalue weighted by molar-refractivity contribution is 0.404. The quantitative estimate of drug-likeness (QED) is 0.446. The summed E-state index contributed by atoms with van der Waals surface area (Å²) >= 11 is 0. The zero-order valence-electron chi connectivity index (χ0n) is 4.75. The predicted octanol–water partition coefficient (Wildman–Crippen LogP) is -1.74. The van der Waals surface area contributed by atoms with Crippen LogP contribution in [0.15, 0.2) is 0 Å². The summed E-state index contributed by atoms with van der Waals surface area (Å²) in [6, 6.07) is 0. The van der Waals surface area contributed by atoms with Gasteiger partial charge in [0, 0.05) is 7.05 Å². The number of nitrogens with zero attached hydrogens (tertiary/aromatic N) is 1. The smallest absolute Gasteiger partial charge is 0.244 e. The van der Waals surface area contributed by atoms with E-state index in [0.29, 0.717) is 0 Å². The van der Waals surface area contributed by atoms with Crippen molar-refractivity contribution in [2.45, 2.75) is 0 Å². The monoisotopic (exact) mass is 139 g/mol. The summed E-state index contributed by atoms with van der Waals surface area (Å²) < 4.78 is 21.2. The van der Waals surface area contributed by atoms with E-state index in [2.05, 4.69) is 10.6 Å². The Morgan fingerprint density at radius 1 is 1.62 bits per heavy atom. The summed E-state index contributed by atoms with van der Waals surface area (Å²) in [4.78, 5) is 0. The summed E-state index contributed by atoms with van der Waals surface area (Å²) in [7, 11) is -0.753. The third-order valence-electron chi connectivity index (χ3n) is 0.697. The lowest BCUT2D eigenvalue weighted by Gasteiger charge is -2.09. The van der Waals surface area contributed by atoms with Crippen molar-refractivity contribution in [1.29, 1.82) is 0 Å². The van der Waals surface area contributed by atoms with Crippen molar-refractivity contribution < 1.29 is 8.42 Å². The van der Waals surface area contributed by atoms with Gasteiger partial charge in [-0.15, -0.1) is 4.41 Å². The van der Waals surface area contributed by atoms with Gasteiger partial charge >= 0.3 is 0 Å². The van der Waals surface area contributed by atoms with Crippen LogP contribution in [0, 0.1) is 0 Å². The van der Waals surface area contributed by atoms with Crippen LogP contribution >= 0.6 is 0 Å². The Kier molecular flexibility index (Phi) is 2.35. The van der Waals surface area contributed by atoms with Crippen LogP contribution in [-0.2, 0) is 10.2 Å². The molecule has 8 heavy (non-hydrogen) atoms. The third-order valence-corrected chi connectivity index (χ3v) is 1.64. The summed E-state index contributed by atoms with van der Waals surface area (Å²) in [6.07, 6.45) is 0. The first kappa shape index (κ1) is 7.83. The van der Waals surface area contributed by atoms with Crippen LogP contribution in [0.25, 0.3) is 0 Å². The van der Waals surface area contributed by atoms with Crippen molar-refractivity contribution in [3.63, 3.8) is 0 Å². The summed E-state index contributed by atoms with van der Waals surface area (Å²) in [5.41, 5.74) is 2.33. The van der Waals surface area contributed by atoms with Gasteiger partial charge in [0.25, 0.3) is 10.2 Å². The summed E-state index contributed by atoms with van der Waals surface area (Å²) in [5, 5.41) is 4.63. The molecule has 0 fully saturated rings. The first-order chi connectivity index (χ1) is 3.48. The van der Waals surface area contributed by atoms with Gasteiger partial charge in [0.1, 0.15) is 0 Å². The van der Waals surface area contributed by atoms with Gasteiger partial charge in [-0.3, -0.25) is 0 Å². The minimum absolute atomic E-state index is 0.812. The van der Waals surface area contributed by atoms with Crippen LogP contribution in [0.5, 0.6) is 0 Å². The highest BCUT2D eigenvalue weighted by atomic mass is 32.2. The number of nitrogens with two attached hydrogens (primary N) is 1. The SMILES string of the molecule is CNN(C)S(N)(=O)=O. The highest BCUT2D eigenvalue weighted by molar-refractivity contribution is 7.86. The molecule has 50 valence electrons. The molecule has 0 aliphatic heterocycles. The van der Waals surface area contributed by atoms with Crippen molar-refractivity contribution in [3.8, 4) is 0 Å². The molecule has 0 spiro atoms. The van der Waals surface area contributed by atoms with E-state index in [-0.39, 0.29) is 0 Å². The number of hydrogen-bond donors (Lipinski definition) is 2. The van der Waals surface area contributed by atoms with E-state index in [4.69, 9.17) is 0 Å². The van der Waals surface area contributed by atoms with Gasteiger partial charge in [-0.25, -0.2) is 10.6 Å². The van der Waals surface area contributed by atoms with Crippen molar-refractivity contribution >= 4 is 10.2 Å². The van der Waals surface area contributed by atoms with Crippen LogP contribution in [0.4, 0.5) is 0 Å². The van der Waals surface area contributed by atoms with Gasteiger partial charge in [-0.1, -0.05) is 0 Å². The molecule has 0 amide bonds. The molecule has 0 unspecified atom stereocenters. The molecule has 0 atom stereocenters. The van der Waals surface area contributed by atoms with E-state index >= 15 is 0 Å². The molecular weight excluding hydrogens is 130 g/mol. The average Bonchev–Trinajstić information content (AvgIpc) is 1.62. The standard InChI is InChI=1S/C2H9N3O2S/c1-4-5(2)8(3,6)7/h4H,1-2H3,(H2,3,6,7). The number of hydrazine groups is 1. The second-order valence-corrected chi connectivity index (χ2v) is 2.81. The van der Waals surface area contributed by atoms with E-state index in [1.54, 1.807) is 0 Å². The molecular formula is C2H9N3O2S. The average molecular weight is 139 g/mol. The normalized spacial score (nSPS) is 12.5. The van der Waals surface area contributed by atoms with Crippen LogP contribution in [0.1, 0.15) is 0 Å². The summed E-state index contributed by atoms with van der Waals surface area (Å²) in [6.45, 7) is 0. The van der Waals surface area contributed by atoms with Gasteiger partial charge in [0.15, 0.2) is 0 Å². The maximum absolute atomic E-state index is 10.2. The topological polar surface area (TPSA) is 75.4 Å². The van der Waals surface area contributed by atoms with Crippen LogP contribution in [-0.4, -0.2) is 26.9 Å². The molecule has 0 aliphatic rings. The number of rotatable bonds is 2. The number of nitrogens with one attached hydrogen (secondary N) is 1. The van der Waals surface area contributed by atoms with Crippen molar-refractivity contribution in [1.82, 2.24) is 9.84 Å². The molecule has 0 aromatic carbocycles. The molecule has 0 heterocycles. The fraction of sp³-hybridized carbons (Fsp3) is 1.00. The number of hydrogen-bond acceptors (Lipinski definition) is 3. The van der Waals surface area contributed by atoms with E-state index in [1.165, 1.54) is 14.1 Å². The van der Waals surface area contributed by atoms with Crippen molar-refractivity contribution in [3.05, 3.63) is 0 Å². The third kappa shape index (κ3) is 2.22. The van der Waals surface area contributed by atoms with Gasteiger partial charge in [0.05, 0.1) is 0 Å². The van der Waals surface area contributed by atoms with Crippen LogP contribution < -0.4 is 10.6 Å². The Balaban J connectivity index is 4.04. The van der Waals surface area contributed by atoms with Crippen molar-refractivity contribution in [2.75, 3.05) is 14.1 Å². The Hall–Kier alpha value is -0.170. The van der Waals surface area contributed by atoms with E-state index in [0.717, 1.165) is 4.41 Å². The lowest BCUT2D eigenvalue weighted by Crippen LogP contribution is -2.41. The molecule has 0 saturated heterocycles. The largest absolute Gasteiger partial charge is 0.289 e. The Labute approximate surface area is 48.6 Å². The van der Waals surface area contributed by atoms with E-state index in [1.807, 2.05) is 0 Å². The molecule has 0 rings (SSSR count). The molecule has 0 bridgehead atoms. The first-order valence-electron chi connectivity index (χ1n) is 1.92. The fourth-order valence-corrected chi connectivity index (χ4v) is 0.382. The van der Waals surface area contributed by atoms with Gasteiger partial charge in [-0.2, -0.15) is 8.42 Å². The zero-order chi connectivity index (χ0) is 6.78. The molecule has 0 aromatic heterocycles. The van der Waals surface area contributed by atoms with Crippen LogP contribution in [0.3, 0.4) is 0 Å². The minimum atomic E-state index is -3.53. The van der Waals surface area contributed by atoms with E-state index < -0.39 is 10.2 Å². The van der Waals surface area contributed by atoms with Crippen molar-refractivity contribution in [2.24, 2.45) is 5.14 Å². The van der Waals surface area contributed by atoms with Gasteiger partial charge in [0.2, 0.25) is 0 Å². The molecule has 3 N–H and O–H groups in total. The van der Waals surface area contributed by atoms with Crippen LogP contribution in [0.2, 0.25) is 0 Å². The predicted molar refractivity (Wildman–Crippen MR) is 29.9 cm³/mol. The summed E-state index contributed by atoms with van der Waals surface area (Å²) in [5.74, 6) is 0. The molecule has 5 nitrogen and oxygen atoms in total. The molecule has 0 radical (unpaired) electrons. The Morgan fingerprint density at radius 2 is 2.00 bits per heavy atom. The van der Waals surface area contributed by atoms with Gasteiger partial charge < -0.3 is 0 Å². The highest BCUT2D eigenvalue weighted by Crippen LogP contribution is 1.77. The zero-order valence-corrected chi connectivity index (χ0v) is 5.57. The molecule has 0 aromatic rings. The maximum atomic E-state index is 10.2. The van der Waals surface area contributed by atoms with Gasteiger partial charge in [-0.05, 0) is 7.05 Å².